The molecular formula is C12H19O4PS3. The molecule has 4 nitrogen and oxygen atoms in total. The fourth-order valence-electron chi connectivity index (χ4n) is 1.33. The van der Waals surface area contributed by atoms with E-state index in [1.807, 2.05) is 6.92 Å². The highest BCUT2D eigenvalue weighted by atomic mass is 32.9. The minimum absolute atomic E-state index is 0.260. The van der Waals surface area contributed by atoms with Gasteiger partial charge in [-0.15, -0.1) is 0 Å². The molecule has 0 aliphatic heterocycles. The average molecular weight is 354 g/mol. The first-order valence-corrected chi connectivity index (χ1v) is 12.3. The molecule has 8 heteroatoms. The van der Waals surface area contributed by atoms with Gasteiger partial charge in [-0.3, -0.25) is 0 Å². The molecule has 0 saturated carbocycles. The van der Waals surface area contributed by atoms with Gasteiger partial charge >= 0.3 is 0 Å². The van der Waals surface area contributed by atoms with Gasteiger partial charge in [-0.2, -0.15) is 0 Å². The van der Waals surface area contributed by atoms with Crippen LogP contribution in [-0.2, 0) is 26.2 Å². The van der Waals surface area contributed by atoms with E-state index in [2.05, 4.69) is 6.92 Å². The van der Waals surface area contributed by atoms with Crippen LogP contribution in [0.4, 0.5) is 0 Å². The van der Waals surface area contributed by atoms with Crippen molar-refractivity contribution in [1.82, 2.24) is 0 Å². The van der Waals surface area contributed by atoms with Crippen molar-refractivity contribution in [1.29, 1.82) is 0 Å². The third-order valence-corrected chi connectivity index (χ3v) is 8.78. The summed E-state index contributed by atoms with van der Waals surface area (Å²) < 4.78 is 34.1. The molecule has 0 radical (unpaired) electrons. The molecule has 1 aromatic carbocycles. The molecule has 20 heavy (non-hydrogen) atoms. The van der Waals surface area contributed by atoms with Crippen LogP contribution in [0.5, 0.6) is 5.75 Å². The van der Waals surface area contributed by atoms with Crippen LogP contribution in [0, 0.1) is 0 Å². The largest absolute Gasteiger partial charge is 0.436 e. The molecule has 0 spiro atoms. The minimum Gasteiger partial charge on any atom is -0.436 e. The molecule has 1 aromatic rings. The summed E-state index contributed by atoms with van der Waals surface area (Å²) in [6.07, 6.45) is 2.16. The summed E-state index contributed by atoms with van der Waals surface area (Å²) >= 11 is 6.98. The fourth-order valence-corrected chi connectivity index (χ4v) is 6.66. The molecule has 1 unspecified atom stereocenters. The number of rotatable bonds is 8. The van der Waals surface area contributed by atoms with Crippen molar-refractivity contribution in [2.75, 3.05) is 18.6 Å². The van der Waals surface area contributed by atoms with E-state index in [0.717, 1.165) is 12.2 Å². The summed E-state index contributed by atoms with van der Waals surface area (Å²) in [6, 6.07) is 6.26. The van der Waals surface area contributed by atoms with Crippen molar-refractivity contribution < 1.29 is 17.5 Å². The van der Waals surface area contributed by atoms with E-state index in [4.69, 9.17) is 20.9 Å². The second-order valence-electron chi connectivity index (χ2n) is 4.03. The Labute approximate surface area is 130 Å². The van der Waals surface area contributed by atoms with Crippen molar-refractivity contribution >= 4 is 38.7 Å². The molecule has 1 atom stereocenters. The molecule has 0 saturated heterocycles. The maximum absolute atomic E-state index is 11.4. The Bertz CT molecular complexity index is 569. The summed E-state index contributed by atoms with van der Waals surface area (Å²) in [6.45, 7) is 4.44. The van der Waals surface area contributed by atoms with Crippen LogP contribution in [0.2, 0.25) is 0 Å². The highest BCUT2D eigenvalue weighted by molar-refractivity contribution is 8.68. The maximum Gasteiger partial charge on any atom is 0.297 e. The average Bonchev–Trinajstić information content (AvgIpc) is 2.36. The molecular weight excluding hydrogens is 335 g/mol. The van der Waals surface area contributed by atoms with Crippen molar-refractivity contribution in [2.24, 2.45) is 0 Å². The van der Waals surface area contributed by atoms with Crippen LogP contribution in [0.1, 0.15) is 20.3 Å². The number of hydrogen-bond acceptors (Lipinski definition) is 6. The van der Waals surface area contributed by atoms with Gasteiger partial charge < -0.3 is 9.05 Å². The Balaban J connectivity index is 2.86. The maximum atomic E-state index is 11.4. The van der Waals surface area contributed by atoms with Crippen LogP contribution >= 0.6 is 17.1 Å². The van der Waals surface area contributed by atoms with Gasteiger partial charge in [-0.05, 0) is 49.4 Å². The van der Waals surface area contributed by atoms with Crippen molar-refractivity contribution in [3.63, 3.8) is 0 Å². The number of benzene rings is 1. The predicted octanol–water partition coefficient (Wildman–Crippen LogP) is 3.87. The second kappa shape index (κ2) is 7.80. The first-order valence-electron chi connectivity index (χ1n) is 6.19. The first-order chi connectivity index (χ1) is 9.30. The zero-order chi connectivity index (χ0) is 15.2. The normalized spacial score (nSPS) is 14.8. The lowest BCUT2D eigenvalue weighted by atomic mass is 10.3. The lowest BCUT2D eigenvalue weighted by molar-refractivity contribution is 0.344. The monoisotopic (exact) mass is 354 g/mol. The Morgan fingerprint density at radius 1 is 1.25 bits per heavy atom. The molecule has 0 bridgehead atoms. The van der Waals surface area contributed by atoms with Crippen LogP contribution in [0.25, 0.3) is 0 Å². The SMILES string of the molecule is CCCSP(=S)(OCC)Oc1ccc(S(C)(=O)=O)cc1. The summed E-state index contributed by atoms with van der Waals surface area (Å²) in [4.78, 5) is 0.260. The Morgan fingerprint density at radius 3 is 2.30 bits per heavy atom. The standard InChI is InChI=1S/C12H19O4PS3/c1-4-10-19-17(18,15-5-2)16-11-6-8-12(9-7-11)20(3,13)14/h6-9H,4-5,10H2,1-3H3. The van der Waals surface area contributed by atoms with E-state index in [-0.39, 0.29) is 4.90 Å². The highest BCUT2D eigenvalue weighted by Gasteiger charge is 2.21. The quantitative estimate of drug-likeness (QED) is 0.661. The van der Waals surface area contributed by atoms with Gasteiger partial charge in [0.2, 0.25) is 0 Å². The Kier molecular flexibility index (Phi) is 7.01. The highest BCUT2D eigenvalue weighted by Crippen LogP contribution is 2.60. The van der Waals surface area contributed by atoms with Crippen LogP contribution in [-0.4, -0.2) is 27.0 Å². The van der Waals surface area contributed by atoms with Crippen LogP contribution in [0.15, 0.2) is 29.2 Å². The third-order valence-electron chi connectivity index (χ3n) is 2.21. The van der Waals surface area contributed by atoms with E-state index >= 15 is 0 Å². The zero-order valence-corrected chi connectivity index (χ0v) is 15.1. The van der Waals surface area contributed by atoms with Gasteiger partial charge in [0.1, 0.15) is 5.75 Å². The molecule has 114 valence electrons. The van der Waals surface area contributed by atoms with Gasteiger partial charge in [0.05, 0.1) is 11.5 Å². The van der Waals surface area contributed by atoms with Crippen molar-refractivity contribution in [3.8, 4) is 5.75 Å². The van der Waals surface area contributed by atoms with Crippen molar-refractivity contribution in [3.05, 3.63) is 24.3 Å². The summed E-state index contributed by atoms with van der Waals surface area (Å²) in [5.41, 5.74) is -2.41. The first kappa shape index (κ1) is 18.0. The number of hydrogen-bond donors (Lipinski definition) is 0. The summed E-state index contributed by atoms with van der Waals surface area (Å²) in [7, 11) is -3.20. The van der Waals surface area contributed by atoms with Gasteiger partial charge in [-0.25, -0.2) is 8.42 Å². The van der Waals surface area contributed by atoms with Gasteiger partial charge in [-0.1, -0.05) is 18.3 Å². The molecule has 0 aliphatic rings. The molecule has 0 heterocycles. The van der Waals surface area contributed by atoms with Crippen LogP contribution in [0.3, 0.4) is 0 Å². The van der Waals surface area contributed by atoms with Gasteiger partial charge in [0.25, 0.3) is 5.69 Å². The Hall–Kier alpha value is -0.0700. The van der Waals surface area contributed by atoms with Gasteiger partial charge in [0.15, 0.2) is 9.84 Å². The molecule has 0 aromatic heterocycles. The van der Waals surface area contributed by atoms with E-state index in [9.17, 15) is 8.42 Å². The molecule has 0 N–H and O–H groups in total. The lowest BCUT2D eigenvalue weighted by Gasteiger charge is -2.21. The molecule has 0 amide bonds. The van der Waals surface area contributed by atoms with E-state index in [1.165, 1.54) is 29.8 Å². The zero-order valence-electron chi connectivity index (χ0n) is 11.7. The fraction of sp³-hybridized carbons (Fsp3) is 0.500. The topological polar surface area (TPSA) is 52.6 Å². The third kappa shape index (κ3) is 5.74. The van der Waals surface area contributed by atoms with E-state index in [1.54, 1.807) is 12.1 Å². The second-order valence-corrected chi connectivity index (χ2v) is 12.4. The molecule has 0 aliphatic carbocycles. The summed E-state index contributed by atoms with van der Waals surface area (Å²) in [5.74, 6) is 1.41. The van der Waals surface area contributed by atoms with E-state index in [0.29, 0.717) is 12.4 Å². The molecule has 0 fully saturated rings. The van der Waals surface area contributed by atoms with Crippen LogP contribution < -0.4 is 4.52 Å². The summed E-state index contributed by atoms with van der Waals surface area (Å²) in [5, 5.41) is 0. The number of sulfone groups is 1. The lowest BCUT2D eigenvalue weighted by Crippen LogP contribution is -1.98. The van der Waals surface area contributed by atoms with Gasteiger partial charge in [0, 0.05) is 12.0 Å². The minimum atomic E-state index is -3.20. The smallest absolute Gasteiger partial charge is 0.297 e. The van der Waals surface area contributed by atoms with Crippen molar-refractivity contribution in [2.45, 2.75) is 25.2 Å². The predicted molar refractivity (Wildman–Crippen MR) is 88.8 cm³/mol. The Morgan fingerprint density at radius 2 is 1.85 bits per heavy atom. The van der Waals surface area contributed by atoms with E-state index < -0.39 is 15.5 Å². The molecule has 1 rings (SSSR count).